The van der Waals surface area contributed by atoms with Gasteiger partial charge in [-0.3, -0.25) is 0 Å². The quantitative estimate of drug-likeness (QED) is 0.237. The molecular weight excluding hydrogens is 458 g/mol. The monoisotopic (exact) mass is 479 g/mol. The van der Waals surface area contributed by atoms with Crippen LogP contribution in [0.1, 0.15) is 0 Å². The Bertz CT molecular complexity index is 1860. The zero-order valence-electron chi connectivity index (χ0n) is 19.5. The summed E-state index contributed by atoms with van der Waals surface area (Å²) in [6.07, 6.45) is 0. The van der Waals surface area contributed by atoms with E-state index in [0.29, 0.717) is 0 Å². The van der Waals surface area contributed by atoms with Gasteiger partial charge in [-0.05, 0) is 51.9 Å². The average molecular weight is 480 g/mol. The largest absolute Gasteiger partial charge is 0.309 e. The van der Waals surface area contributed by atoms with E-state index < -0.39 is 0 Å². The number of nitrogens with zero attached hydrogens (tertiary/aromatic N) is 1. The Hall–Kier alpha value is -4.33. The minimum Gasteiger partial charge on any atom is -0.309 e. The van der Waals surface area contributed by atoms with Gasteiger partial charge in [0.25, 0.3) is 0 Å². The second-order valence-electron chi connectivity index (χ2n) is 9.14. The van der Waals surface area contributed by atoms with Crippen LogP contribution < -0.4 is 0 Å². The van der Waals surface area contributed by atoms with Crippen LogP contribution in [0.25, 0.3) is 60.5 Å². The van der Waals surface area contributed by atoms with E-state index in [1.807, 2.05) is 12.1 Å². The molecule has 0 aliphatic carbocycles. The van der Waals surface area contributed by atoms with Crippen molar-refractivity contribution in [1.82, 2.24) is 4.57 Å². The first-order valence-corrected chi connectivity index (χ1v) is 12.5. The number of halogens is 1. The fraction of sp³-hybridized carbons (Fsp3) is 0. The van der Waals surface area contributed by atoms with E-state index in [0.717, 1.165) is 21.6 Å². The van der Waals surface area contributed by atoms with Gasteiger partial charge in [0.1, 0.15) is 0 Å². The van der Waals surface area contributed by atoms with Gasteiger partial charge in [0, 0.05) is 21.8 Å². The zero-order valence-corrected chi connectivity index (χ0v) is 20.3. The second kappa shape index (κ2) is 8.41. The maximum Gasteiger partial charge on any atom is 0.0562 e. The smallest absolute Gasteiger partial charge is 0.0562 e. The third-order valence-corrected chi connectivity index (χ3v) is 7.39. The Kier molecular flexibility index (Phi) is 4.90. The van der Waals surface area contributed by atoms with Crippen molar-refractivity contribution in [2.75, 3.05) is 0 Å². The molecule has 2 heteroatoms. The molecular formula is C34H22ClN. The lowest BCUT2D eigenvalue weighted by Gasteiger charge is -2.11. The molecule has 0 saturated heterocycles. The highest BCUT2D eigenvalue weighted by Gasteiger charge is 2.16. The Morgan fingerprint density at radius 3 is 1.58 bits per heavy atom. The molecule has 7 rings (SSSR count). The summed E-state index contributed by atoms with van der Waals surface area (Å²) in [6.45, 7) is 0. The number of hydrogen-bond donors (Lipinski definition) is 0. The normalized spacial score (nSPS) is 11.5. The van der Waals surface area contributed by atoms with Gasteiger partial charge in [-0.2, -0.15) is 0 Å². The molecule has 0 fully saturated rings. The Morgan fingerprint density at radius 2 is 0.917 bits per heavy atom. The fourth-order valence-corrected chi connectivity index (χ4v) is 5.62. The Morgan fingerprint density at radius 1 is 0.417 bits per heavy atom. The van der Waals surface area contributed by atoms with E-state index in [1.54, 1.807) is 0 Å². The topological polar surface area (TPSA) is 4.93 Å². The summed E-state index contributed by atoms with van der Waals surface area (Å²) in [7, 11) is 0. The van der Waals surface area contributed by atoms with Crippen molar-refractivity contribution in [2.24, 2.45) is 0 Å². The SMILES string of the molecule is Clc1cc2c(c3ccccc13)c1ccccc1n2-c1ccc(-c2ccc(-c3ccccc3)cc2)cc1. The summed E-state index contributed by atoms with van der Waals surface area (Å²) in [6, 6.07) is 47.2. The number of para-hydroxylation sites is 1. The molecule has 6 aromatic carbocycles. The number of hydrogen-bond acceptors (Lipinski definition) is 0. The second-order valence-corrected chi connectivity index (χ2v) is 9.55. The van der Waals surface area contributed by atoms with E-state index in [-0.39, 0.29) is 0 Å². The molecule has 7 aromatic rings. The molecule has 0 bridgehead atoms. The van der Waals surface area contributed by atoms with Gasteiger partial charge in [0.05, 0.1) is 16.1 Å². The van der Waals surface area contributed by atoms with E-state index >= 15 is 0 Å². The van der Waals surface area contributed by atoms with Crippen molar-refractivity contribution in [3.63, 3.8) is 0 Å². The molecule has 1 nitrogen and oxygen atoms in total. The highest BCUT2D eigenvalue weighted by atomic mass is 35.5. The third-order valence-electron chi connectivity index (χ3n) is 7.08. The summed E-state index contributed by atoms with van der Waals surface area (Å²) in [5.41, 5.74) is 8.29. The summed E-state index contributed by atoms with van der Waals surface area (Å²) >= 11 is 6.77. The van der Waals surface area contributed by atoms with E-state index in [2.05, 4.69) is 126 Å². The Balaban J connectivity index is 1.35. The van der Waals surface area contributed by atoms with Gasteiger partial charge < -0.3 is 4.57 Å². The standard InChI is InChI=1S/C34H22ClN/c35-31-22-33-34(29-11-5-4-10-28(29)31)30-12-6-7-13-32(30)36(33)27-20-18-26(19-21-27)25-16-14-24(15-17-25)23-8-2-1-3-9-23/h1-22H. The van der Waals surface area contributed by atoms with Crippen LogP contribution in [0.15, 0.2) is 133 Å². The van der Waals surface area contributed by atoms with Crippen molar-refractivity contribution < 1.29 is 0 Å². The van der Waals surface area contributed by atoms with Crippen molar-refractivity contribution in [2.45, 2.75) is 0 Å². The van der Waals surface area contributed by atoms with Crippen LogP contribution in [0.2, 0.25) is 5.02 Å². The van der Waals surface area contributed by atoms with Crippen molar-refractivity contribution in [3.8, 4) is 27.9 Å². The van der Waals surface area contributed by atoms with Crippen LogP contribution in [0.3, 0.4) is 0 Å². The summed E-state index contributed by atoms with van der Waals surface area (Å²) in [5, 5.41) is 5.53. The van der Waals surface area contributed by atoms with Crippen molar-refractivity contribution in [1.29, 1.82) is 0 Å². The van der Waals surface area contributed by atoms with Crippen LogP contribution in [-0.2, 0) is 0 Å². The van der Waals surface area contributed by atoms with Gasteiger partial charge in [-0.1, -0.05) is 121 Å². The van der Waals surface area contributed by atoms with Gasteiger partial charge in [-0.15, -0.1) is 0 Å². The van der Waals surface area contributed by atoms with Gasteiger partial charge in [-0.25, -0.2) is 0 Å². The van der Waals surface area contributed by atoms with Crippen LogP contribution in [0, 0.1) is 0 Å². The Labute approximate surface area is 214 Å². The maximum absolute atomic E-state index is 6.77. The zero-order chi connectivity index (χ0) is 24.1. The first-order chi connectivity index (χ1) is 17.8. The molecule has 0 unspecified atom stereocenters. The molecule has 1 aromatic heterocycles. The van der Waals surface area contributed by atoms with Gasteiger partial charge >= 0.3 is 0 Å². The highest BCUT2D eigenvalue weighted by molar-refractivity contribution is 6.38. The number of aromatic nitrogens is 1. The fourth-order valence-electron chi connectivity index (χ4n) is 5.35. The lowest BCUT2D eigenvalue weighted by Crippen LogP contribution is -1.94. The minimum atomic E-state index is 0.775. The molecule has 1 heterocycles. The highest BCUT2D eigenvalue weighted by Crippen LogP contribution is 2.40. The molecule has 0 N–H and O–H groups in total. The molecule has 0 amide bonds. The molecule has 0 spiro atoms. The molecule has 0 atom stereocenters. The first kappa shape index (κ1) is 21.0. The van der Waals surface area contributed by atoms with Gasteiger partial charge in [0.2, 0.25) is 0 Å². The summed E-state index contributed by atoms with van der Waals surface area (Å²) < 4.78 is 2.32. The number of rotatable bonds is 3. The molecule has 0 radical (unpaired) electrons. The van der Waals surface area contributed by atoms with E-state index in [4.69, 9.17) is 11.6 Å². The van der Waals surface area contributed by atoms with E-state index in [1.165, 1.54) is 43.9 Å². The molecule has 0 aliphatic heterocycles. The van der Waals surface area contributed by atoms with Crippen molar-refractivity contribution >= 4 is 44.2 Å². The third kappa shape index (κ3) is 3.32. The number of fused-ring (bicyclic) bond motifs is 5. The average Bonchev–Trinajstić information content (AvgIpc) is 3.28. The predicted octanol–water partition coefficient (Wildman–Crippen LogP) is 9.92. The van der Waals surface area contributed by atoms with E-state index in [9.17, 15) is 0 Å². The minimum absolute atomic E-state index is 0.775. The maximum atomic E-state index is 6.77. The van der Waals surface area contributed by atoms with Crippen LogP contribution in [-0.4, -0.2) is 4.57 Å². The van der Waals surface area contributed by atoms with Crippen LogP contribution in [0.5, 0.6) is 0 Å². The van der Waals surface area contributed by atoms with Crippen molar-refractivity contribution in [3.05, 3.63) is 138 Å². The summed E-state index contributed by atoms with van der Waals surface area (Å²) in [5.74, 6) is 0. The predicted molar refractivity (Wildman–Crippen MR) is 154 cm³/mol. The van der Waals surface area contributed by atoms with Gasteiger partial charge in [0.15, 0.2) is 0 Å². The summed E-state index contributed by atoms with van der Waals surface area (Å²) in [4.78, 5) is 0. The molecule has 0 saturated carbocycles. The molecule has 0 aliphatic rings. The lowest BCUT2D eigenvalue weighted by atomic mass is 10.0. The first-order valence-electron chi connectivity index (χ1n) is 12.1. The van der Waals surface area contributed by atoms with Crippen LogP contribution in [0.4, 0.5) is 0 Å². The molecule has 36 heavy (non-hydrogen) atoms. The van der Waals surface area contributed by atoms with Crippen LogP contribution >= 0.6 is 11.6 Å². The number of benzene rings is 6. The molecule has 170 valence electrons. The lowest BCUT2D eigenvalue weighted by molar-refractivity contribution is 1.18.